The average molecular weight is 373 g/mol. The second kappa shape index (κ2) is 6.95. The highest BCUT2D eigenvalue weighted by molar-refractivity contribution is 5.84. The van der Waals surface area contributed by atoms with Gasteiger partial charge in [-0.3, -0.25) is 14.3 Å². The third kappa shape index (κ3) is 3.50. The van der Waals surface area contributed by atoms with Gasteiger partial charge in [-0.05, 0) is 70.1 Å². The van der Waals surface area contributed by atoms with Gasteiger partial charge in [0.15, 0.2) is 0 Å². The van der Waals surface area contributed by atoms with Crippen molar-refractivity contribution in [1.29, 1.82) is 0 Å². The summed E-state index contributed by atoms with van der Waals surface area (Å²) in [5.41, 5.74) is 1.95. The Balaban J connectivity index is 1.25. The Hall–Kier alpha value is -1.85. The van der Waals surface area contributed by atoms with E-state index in [1.54, 1.807) is 6.20 Å². The Kier molecular flexibility index (Phi) is 4.77. The Morgan fingerprint density at radius 3 is 2.33 bits per heavy atom. The van der Waals surface area contributed by atoms with Crippen molar-refractivity contribution in [3.63, 3.8) is 0 Å². The Morgan fingerprint density at radius 2 is 1.81 bits per heavy atom. The summed E-state index contributed by atoms with van der Waals surface area (Å²) in [6.07, 6.45) is 9.32. The van der Waals surface area contributed by atoms with Gasteiger partial charge in [0.1, 0.15) is 0 Å². The van der Waals surface area contributed by atoms with Gasteiger partial charge in [0.2, 0.25) is 11.8 Å². The minimum Gasteiger partial charge on any atom is -0.355 e. The molecule has 6 nitrogen and oxygen atoms in total. The van der Waals surface area contributed by atoms with E-state index in [2.05, 4.69) is 15.7 Å². The number of carbonyl (C=O) groups excluding carboxylic acids is 2. The van der Waals surface area contributed by atoms with Crippen LogP contribution in [0.1, 0.15) is 69.2 Å². The van der Waals surface area contributed by atoms with E-state index >= 15 is 0 Å². The molecule has 4 aliphatic rings. The number of rotatable bonds is 6. The molecule has 2 N–H and O–H groups in total. The number of nitrogens with zero attached hydrogens (tertiary/aromatic N) is 2. The average Bonchev–Trinajstić information content (AvgIpc) is 2.93. The highest BCUT2D eigenvalue weighted by Crippen LogP contribution is 2.60. The molecule has 0 aliphatic heterocycles. The fraction of sp³-hybridized carbons (Fsp3) is 0.762. The maximum absolute atomic E-state index is 12.9. The number of amides is 2. The highest BCUT2D eigenvalue weighted by Gasteiger charge is 2.54. The molecule has 0 radical (unpaired) electrons. The second-order valence-corrected chi connectivity index (χ2v) is 9.30. The van der Waals surface area contributed by atoms with Crippen LogP contribution in [0, 0.1) is 30.1 Å². The molecule has 1 aromatic rings. The standard InChI is InChI=1S/C21H32N4O2/c1-13(18-12-23-25(3)14(18)2)24-19(26)4-5-22-20(27)21-9-15-6-16(10-21)8-17(7-15)11-21/h12-13,15-17H,4-11H2,1-3H3,(H,22,27)(H,24,26). The second-order valence-electron chi connectivity index (χ2n) is 9.30. The molecule has 1 atom stereocenters. The van der Waals surface area contributed by atoms with E-state index in [1.807, 2.05) is 25.6 Å². The molecule has 27 heavy (non-hydrogen) atoms. The quantitative estimate of drug-likeness (QED) is 0.806. The van der Waals surface area contributed by atoms with E-state index in [1.165, 1.54) is 19.3 Å². The number of aryl methyl sites for hydroxylation is 1. The number of aromatic nitrogens is 2. The predicted octanol–water partition coefficient (Wildman–Crippen LogP) is 2.63. The van der Waals surface area contributed by atoms with Gasteiger partial charge in [0.25, 0.3) is 0 Å². The molecule has 4 fully saturated rings. The van der Waals surface area contributed by atoms with E-state index in [0.29, 0.717) is 13.0 Å². The van der Waals surface area contributed by atoms with Crippen molar-refractivity contribution in [2.75, 3.05) is 6.54 Å². The lowest BCUT2D eigenvalue weighted by Crippen LogP contribution is -2.53. The summed E-state index contributed by atoms with van der Waals surface area (Å²) < 4.78 is 1.81. The summed E-state index contributed by atoms with van der Waals surface area (Å²) in [5, 5.41) is 10.3. The summed E-state index contributed by atoms with van der Waals surface area (Å²) in [7, 11) is 1.90. The molecule has 0 saturated heterocycles. The van der Waals surface area contributed by atoms with Crippen molar-refractivity contribution in [3.8, 4) is 0 Å². The molecule has 5 rings (SSSR count). The zero-order valence-electron chi connectivity index (χ0n) is 16.8. The molecule has 1 unspecified atom stereocenters. The van der Waals surface area contributed by atoms with Crippen molar-refractivity contribution in [3.05, 3.63) is 17.5 Å². The fourth-order valence-electron chi connectivity index (χ4n) is 6.20. The molecule has 148 valence electrons. The third-order valence-corrected chi connectivity index (χ3v) is 7.27. The molecule has 1 aromatic heterocycles. The maximum atomic E-state index is 12.9. The normalized spacial score (nSPS) is 32.3. The molecule has 4 saturated carbocycles. The van der Waals surface area contributed by atoms with Crippen LogP contribution < -0.4 is 10.6 Å². The Labute approximate surface area is 161 Å². The lowest BCUT2D eigenvalue weighted by molar-refractivity contribution is -0.146. The van der Waals surface area contributed by atoms with Crippen LogP contribution >= 0.6 is 0 Å². The first kappa shape index (κ1) is 18.5. The van der Waals surface area contributed by atoms with E-state index in [0.717, 1.165) is 48.3 Å². The molecule has 0 aromatic carbocycles. The van der Waals surface area contributed by atoms with Gasteiger partial charge >= 0.3 is 0 Å². The summed E-state index contributed by atoms with van der Waals surface area (Å²) in [6, 6.07) is -0.0787. The van der Waals surface area contributed by atoms with Crippen LogP contribution in [0.15, 0.2) is 6.20 Å². The number of hydrogen-bond donors (Lipinski definition) is 2. The largest absolute Gasteiger partial charge is 0.355 e. The van der Waals surface area contributed by atoms with Crippen molar-refractivity contribution >= 4 is 11.8 Å². The van der Waals surface area contributed by atoms with E-state index in [4.69, 9.17) is 0 Å². The third-order valence-electron chi connectivity index (χ3n) is 7.27. The summed E-state index contributed by atoms with van der Waals surface area (Å²) in [6.45, 7) is 4.39. The molecule has 6 heteroatoms. The molecule has 4 bridgehead atoms. The lowest BCUT2D eigenvalue weighted by atomic mass is 9.49. The minimum absolute atomic E-state index is 0.0310. The van der Waals surface area contributed by atoms with Crippen LogP contribution in [0.2, 0.25) is 0 Å². The first-order valence-corrected chi connectivity index (χ1v) is 10.4. The van der Waals surface area contributed by atoms with Crippen LogP contribution in [0.4, 0.5) is 0 Å². The van der Waals surface area contributed by atoms with Crippen LogP contribution in [0.25, 0.3) is 0 Å². The van der Waals surface area contributed by atoms with Gasteiger partial charge in [0, 0.05) is 36.7 Å². The van der Waals surface area contributed by atoms with Gasteiger partial charge in [0.05, 0.1) is 12.2 Å². The first-order chi connectivity index (χ1) is 12.9. The molecule has 0 spiro atoms. The Morgan fingerprint density at radius 1 is 1.22 bits per heavy atom. The molecular formula is C21H32N4O2. The van der Waals surface area contributed by atoms with Crippen molar-refractivity contribution < 1.29 is 9.59 Å². The van der Waals surface area contributed by atoms with E-state index in [-0.39, 0.29) is 23.3 Å². The maximum Gasteiger partial charge on any atom is 0.226 e. The van der Waals surface area contributed by atoms with Gasteiger partial charge in [-0.2, -0.15) is 5.10 Å². The Bertz CT molecular complexity index is 703. The molecule has 2 amide bonds. The molecular weight excluding hydrogens is 340 g/mol. The van der Waals surface area contributed by atoms with Crippen LogP contribution in [0.5, 0.6) is 0 Å². The number of hydrogen-bond acceptors (Lipinski definition) is 3. The molecule has 4 aliphatic carbocycles. The lowest BCUT2D eigenvalue weighted by Gasteiger charge is -2.55. The predicted molar refractivity (Wildman–Crippen MR) is 103 cm³/mol. The summed E-state index contributed by atoms with van der Waals surface area (Å²) in [5.74, 6) is 2.44. The van der Waals surface area contributed by atoms with E-state index < -0.39 is 0 Å². The van der Waals surface area contributed by atoms with E-state index in [9.17, 15) is 9.59 Å². The topological polar surface area (TPSA) is 76.0 Å². The van der Waals surface area contributed by atoms with Crippen LogP contribution in [-0.4, -0.2) is 28.1 Å². The SMILES string of the molecule is Cc1c(C(C)NC(=O)CCNC(=O)C23CC4CC(CC(C4)C2)C3)cnn1C. The monoisotopic (exact) mass is 372 g/mol. The summed E-state index contributed by atoms with van der Waals surface area (Å²) >= 11 is 0. The van der Waals surface area contributed by atoms with Gasteiger partial charge in [-0.1, -0.05) is 0 Å². The number of carbonyl (C=O) groups is 2. The van der Waals surface area contributed by atoms with Crippen LogP contribution in [0.3, 0.4) is 0 Å². The van der Waals surface area contributed by atoms with Crippen molar-refractivity contribution in [2.24, 2.45) is 30.2 Å². The highest BCUT2D eigenvalue weighted by atomic mass is 16.2. The van der Waals surface area contributed by atoms with Gasteiger partial charge in [-0.15, -0.1) is 0 Å². The minimum atomic E-state index is -0.134. The smallest absolute Gasteiger partial charge is 0.226 e. The van der Waals surface area contributed by atoms with Gasteiger partial charge < -0.3 is 10.6 Å². The fourth-order valence-corrected chi connectivity index (χ4v) is 6.20. The summed E-state index contributed by atoms with van der Waals surface area (Å²) in [4.78, 5) is 25.2. The van der Waals surface area contributed by atoms with Crippen molar-refractivity contribution in [2.45, 2.75) is 64.8 Å². The first-order valence-electron chi connectivity index (χ1n) is 10.4. The van der Waals surface area contributed by atoms with Crippen LogP contribution in [-0.2, 0) is 16.6 Å². The van der Waals surface area contributed by atoms with Gasteiger partial charge in [-0.25, -0.2) is 0 Å². The zero-order valence-corrected chi connectivity index (χ0v) is 16.8. The number of nitrogens with one attached hydrogen (secondary N) is 2. The zero-order chi connectivity index (χ0) is 19.2. The van der Waals surface area contributed by atoms with Crippen molar-refractivity contribution in [1.82, 2.24) is 20.4 Å². The molecule has 1 heterocycles.